The third-order valence-electron chi connectivity index (χ3n) is 3.94. The highest BCUT2D eigenvalue weighted by Crippen LogP contribution is 2.15. The topological polar surface area (TPSA) is 58.5 Å². The Bertz CT molecular complexity index is 679. The van der Waals surface area contributed by atoms with E-state index in [0.29, 0.717) is 13.2 Å². The summed E-state index contributed by atoms with van der Waals surface area (Å²) in [4.78, 5) is 9.08. The van der Waals surface area contributed by atoms with Crippen LogP contribution in [0, 0.1) is 6.92 Å². The van der Waals surface area contributed by atoms with Crippen molar-refractivity contribution in [2.24, 2.45) is 4.99 Å². The van der Waals surface area contributed by atoms with Gasteiger partial charge in [0.15, 0.2) is 5.96 Å². The molecule has 1 unspecified atom stereocenters. The maximum atomic E-state index is 5.90. The minimum absolute atomic E-state index is 0. The maximum Gasteiger partial charge on any atom is 0.191 e. The van der Waals surface area contributed by atoms with Gasteiger partial charge in [0.2, 0.25) is 0 Å². The van der Waals surface area contributed by atoms with E-state index < -0.39 is 0 Å². The molecular weight excluding hydrogens is 451 g/mol. The van der Waals surface area contributed by atoms with Crippen LogP contribution in [0.15, 0.2) is 53.5 Å². The summed E-state index contributed by atoms with van der Waals surface area (Å²) in [5.41, 5.74) is 3.20. The molecule has 1 aromatic heterocycles. The number of ether oxygens (including phenoxy) is 1. The number of hydrogen-bond acceptors (Lipinski definition) is 3. The highest BCUT2D eigenvalue weighted by molar-refractivity contribution is 14.0. The molecule has 0 radical (unpaired) electrons. The molecule has 0 fully saturated rings. The Labute approximate surface area is 180 Å². The van der Waals surface area contributed by atoms with Gasteiger partial charge in [-0.3, -0.25) is 4.98 Å². The number of rotatable bonds is 9. The van der Waals surface area contributed by atoms with Crippen LogP contribution in [0.2, 0.25) is 0 Å². The molecule has 27 heavy (non-hydrogen) atoms. The summed E-state index contributed by atoms with van der Waals surface area (Å²) in [5, 5.41) is 6.61. The Morgan fingerprint density at radius 3 is 2.59 bits per heavy atom. The van der Waals surface area contributed by atoms with Crippen LogP contribution in [0.3, 0.4) is 0 Å². The van der Waals surface area contributed by atoms with E-state index in [-0.39, 0.29) is 30.1 Å². The molecule has 0 aliphatic heterocycles. The number of aliphatic imine (C=N–C) groups is 1. The molecule has 1 heterocycles. The zero-order valence-corrected chi connectivity index (χ0v) is 18.8. The van der Waals surface area contributed by atoms with Gasteiger partial charge in [0.1, 0.15) is 0 Å². The van der Waals surface area contributed by atoms with E-state index in [1.807, 2.05) is 43.3 Å². The third kappa shape index (κ3) is 9.19. The van der Waals surface area contributed by atoms with Crippen molar-refractivity contribution in [2.75, 3.05) is 19.7 Å². The summed E-state index contributed by atoms with van der Waals surface area (Å²) in [5.74, 6) is 0.812. The lowest BCUT2D eigenvalue weighted by molar-refractivity contribution is 0.0646. The molecule has 1 aromatic carbocycles. The van der Waals surface area contributed by atoms with E-state index in [4.69, 9.17) is 4.74 Å². The predicted molar refractivity (Wildman–Crippen MR) is 123 cm³/mol. The molecule has 0 saturated heterocycles. The normalized spacial score (nSPS) is 12.2. The number of nitrogens with one attached hydrogen (secondary N) is 2. The van der Waals surface area contributed by atoms with Crippen molar-refractivity contribution in [1.82, 2.24) is 15.6 Å². The standard InChI is InChI=1S/C21H30N4O.HI/c1-4-22-21(24-16-20-13-8-10-17(2)25-20)23-14-9-15-26-18(3)19-11-6-5-7-12-19;/h5-8,10-13,18H,4,9,14-16H2,1-3H3,(H2,22,23,24);1H. The Hall–Kier alpha value is -1.67. The molecule has 0 amide bonds. The molecule has 0 spiro atoms. The zero-order chi connectivity index (χ0) is 18.6. The lowest BCUT2D eigenvalue weighted by Gasteiger charge is -2.14. The highest BCUT2D eigenvalue weighted by atomic mass is 127. The van der Waals surface area contributed by atoms with Crippen LogP contribution >= 0.6 is 24.0 Å². The molecule has 1 atom stereocenters. The lowest BCUT2D eigenvalue weighted by atomic mass is 10.1. The van der Waals surface area contributed by atoms with Crippen LogP contribution in [0.5, 0.6) is 0 Å². The second-order valence-electron chi connectivity index (χ2n) is 6.17. The molecule has 5 nitrogen and oxygen atoms in total. The maximum absolute atomic E-state index is 5.90. The second-order valence-corrected chi connectivity index (χ2v) is 6.17. The van der Waals surface area contributed by atoms with Crippen molar-refractivity contribution in [3.05, 3.63) is 65.5 Å². The molecule has 2 rings (SSSR count). The number of pyridine rings is 1. The monoisotopic (exact) mass is 482 g/mol. The first-order valence-electron chi connectivity index (χ1n) is 9.30. The quantitative estimate of drug-likeness (QED) is 0.243. The van der Waals surface area contributed by atoms with Gasteiger partial charge in [0, 0.05) is 25.4 Å². The van der Waals surface area contributed by atoms with E-state index in [2.05, 4.69) is 46.6 Å². The van der Waals surface area contributed by atoms with Crippen LogP contribution in [-0.2, 0) is 11.3 Å². The zero-order valence-electron chi connectivity index (χ0n) is 16.4. The van der Waals surface area contributed by atoms with Crippen LogP contribution in [0.4, 0.5) is 0 Å². The van der Waals surface area contributed by atoms with Gasteiger partial charge < -0.3 is 15.4 Å². The molecule has 6 heteroatoms. The van der Waals surface area contributed by atoms with Crippen molar-refractivity contribution in [3.8, 4) is 0 Å². The fourth-order valence-electron chi connectivity index (χ4n) is 2.55. The molecule has 0 aliphatic carbocycles. The SMILES string of the molecule is CCNC(=NCc1cccc(C)n1)NCCCOC(C)c1ccccc1.I. The Morgan fingerprint density at radius 1 is 1.11 bits per heavy atom. The van der Waals surface area contributed by atoms with Gasteiger partial charge in [-0.2, -0.15) is 0 Å². The van der Waals surface area contributed by atoms with E-state index in [9.17, 15) is 0 Å². The van der Waals surface area contributed by atoms with Gasteiger partial charge in [-0.25, -0.2) is 4.99 Å². The Morgan fingerprint density at radius 2 is 1.89 bits per heavy atom. The Kier molecular flexibility index (Phi) is 11.7. The summed E-state index contributed by atoms with van der Waals surface area (Å²) in [6.07, 6.45) is 1.04. The van der Waals surface area contributed by atoms with Gasteiger partial charge in [0.05, 0.1) is 18.3 Å². The molecule has 2 aromatic rings. The average molecular weight is 482 g/mol. The molecule has 0 saturated carbocycles. The van der Waals surface area contributed by atoms with E-state index in [1.165, 1.54) is 5.56 Å². The van der Waals surface area contributed by atoms with Crippen molar-refractivity contribution < 1.29 is 4.74 Å². The minimum atomic E-state index is 0. The molecule has 0 aliphatic rings. The summed E-state index contributed by atoms with van der Waals surface area (Å²) in [6.45, 7) is 9.06. The number of benzene rings is 1. The third-order valence-corrected chi connectivity index (χ3v) is 3.94. The first kappa shape index (κ1) is 23.4. The van der Waals surface area contributed by atoms with E-state index in [0.717, 1.165) is 36.9 Å². The van der Waals surface area contributed by atoms with E-state index >= 15 is 0 Å². The molecule has 0 bridgehead atoms. The van der Waals surface area contributed by atoms with Crippen molar-refractivity contribution in [2.45, 2.75) is 39.8 Å². The fourth-order valence-corrected chi connectivity index (χ4v) is 2.55. The number of guanidine groups is 1. The number of nitrogens with zero attached hydrogens (tertiary/aromatic N) is 2. The molecule has 2 N–H and O–H groups in total. The number of aryl methyl sites for hydroxylation is 1. The lowest BCUT2D eigenvalue weighted by Crippen LogP contribution is -2.38. The fraction of sp³-hybridized carbons (Fsp3) is 0.429. The largest absolute Gasteiger partial charge is 0.374 e. The molecule has 148 valence electrons. The number of aromatic nitrogens is 1. The smallest absolute Gasteiger partial charge is 0.191 e. The summed E-state index contributed by atoms with van der Waals surface area (Å²) < 4.78 is 5.90. The van der Waals surface area contributed by atoms with Crippen molar-refractivity contribution in [3.63, 3.8) is 0 Å². The van der Waals surface area contributed by atoms with E-state index in [1.54, 1.807) is 0 Å². The highest BCUT2D eigenvalue weighted by Gasteiger charge is 2.04. The van der Waals surface area contributed by atoms with Gasteiger partial charge in [-0.05, 0) is 44.9 Å². The second kappa shape index (κ2) is 13.5. The average Bonchev–Trinajstić information content (AvgIpc) is 2.66. The Balaban J connectivity index is 0.00000364. The van der Waals surface area contributed by atoms with Gasteiger partial charge in [0.25, 0.3) is 0 Å². The van der Waals surface area contributed by atoms with Crippen molar-refractivity contribution >= 4 is 29.9 Å². The summed E-state index contributed by atoms with van der Waals surface area (Å²) in [7, 11) is 0. The van der Waals surface area contributed by atoms with Crippen molar-refractivity contribution in [1.29, 1.82) is 0 Å². The summed E-state index contributed by atoms with van der Waals surface area (Å²) in [6, 6.07) is 16.3. The van der Waals surface area contributed by atoms with Crippen LogP contribution < -0.4 is 10.6 Å². The predicted octanol–water partition coefficient (Wildman–Crippen LogP) is 4.23. The number of hydrogen-bond donors (Lipinski definition) is 2. The first-order chi connectivity index (χ1) is 12.7. The van der Waals surface area contributed by atoms with Crippen LogP contribution in [0.1, 0.15) is 43.3 Å². The summed E-state index contributed by atoms with van der Waals surface area (Å²) >= 11 is 0. The number of halogens is 1. The van der Waals surface area contributed by atoms with Crippen LogP contribution in [-0.4, -0.2) is 30.6 Å². The van der Waals surface area contributed by atoms with Gasteiger partial charge >= 0.3 is 0 Å². The molecular formula is C21H31IN4O. The van der Waals surface area contributed by atoms with Crippen LogP contribution in [0.25, 0.3) is 0 Å². The first-order valence-corrected chi connectivity index (χ1v) is 9.30. The minimum Gasteiger partial charge on any atom is -0.374 e. The van der Waals surface area contributed by atoms with Gasteiger partial charge in [-0.15, -0.1) is 24.0 Å². The van der Waals surface area contributed by atoms with Gasteiger partial charge in [-0.1, -0.05) is 36.4 Å².